The first-order valence-electron chi connectivity index (χ1n) is 6.19. The van der Waals surface area contributed by atoms with Gasteiger partial charge in [-0.1, -0.05) is 0 Å². The number of carboxylic acid groups (broad SMARTS) is 3. The molecular weight excluding hydrogens is 302 g/mol. The maximum absolute atomic E-state index is 11.2. The minimum absolute atomic E-state index is 0.0477. The van der Waals surface area contributed by atoms with E-state index in [0.29, 0.717) is 6.42 Å². The van der Waals surface area contributed by atoms with E-state index in [-0.39, 0.29) is 31.0 Å². The third kappa shape index (κ3) is 4.26. The number of nitrogens with two attached hydrogens (primary N) is 1. The molecule has 1 heterocycles. The van der Waals surface area contributed by atoms with Crippen molar-refractivity contribution in [1.29, 1.82) is 0 Å². The van der Waals surface area contributed by atoms with Crippen LogP contribution in [-0.2, 0) is 14.4 Å². The Balaban J connectivity index is 2.66. The van der Waals surface area contributed by atoms with E-state index < -0.39 is 29.5 Å². The van der Waals surface area contributed by atoms with Crippen LogP contribution in [-0.4, -0.2) is 67.9 Å². The van der Waals surface area contributed by atoms with Crippen LogP contribution in [0.5, 0.6) is 0 Å². The van der Waals surface area contributed by atoms with E-state index in [2.05, 4.69) is 5.32 Å². The molecule has 1 aliphatic heterocycles. The van der Waals surface area contributed by atoms with Crippen molar-refractivity contribution in [2.75, 3.05) is 13.1 Å². The highest BCUT2D eigenvalue weighted by molar-refractivity contribution is 7.80. The fourth-order valence-corrected chi connectivity index (χ4v) is 2.35. The summed E-state index contributed by atoms with van der Waals surface area (Å²) in [6, 6.07) is -1.12. The van der Waals surface area contributed by atoms with E-state index in [1.807, 2.05) is 0 Å². The van der Waals surface area contributed by atoms with Crippen LogP contribution >= 0.6 is 12.2 Å². The molecule has 0 bridgehead atoms. The number of thiocarbonyl (C=S) groups is 1. The van der Waals surface area contributed by atoms with Crippen LogP contribution in [0.15, 0.2) is 0 Å². The fraction of sp³-hybridized carbons (Fsp3) is 0.636. The molecule has 0 aromatic carbocycles. The smallest absolute Gasteiger partial charge is 0.326 e. The van der Waals surface area contributed by atoms with Crippen LogP contribution in [0.1, 0.15) is 19.3 Å². The van der Waals surface area contributed by atoms with Crippen LogP contribution in [0, 0.1) is 0 Å². The second-order valence-corrected chi connectivity index (χ2v) is 5.26. The van der Waals surface area contributed by atoms with Crippen molar-refractivity contribution in [2.45, 2.75) is 30.8 Å². The normalized spacial score (nSPS) is 24.6. The van der Waals surface area contributed by atoms with Crippen LogP contribution in [0.4, 0.5) is 0 Å². The number of carboxylic acids is 3. The predicted octanol–water partition coefficient (Wildman–Crippen LogP) is -1.33. The van der Waals surface area contributed by atoms with Gasteiger partial charge in [0.1, 0.15) is 11.6 Å². The van der Waals surface area contributed by atoms with Crippen molar-refractivity contribution in [1.82, 2.24) is 10.2 Å². The van der Waals surface area contributed by atoms with Gasteiger partial charge in [-0.15, -0.1) is 0 Å². The molecule has 1 aliphatic rings. The highest BCUT2D eigenvalue weighted by Gasteiger charge is 2.50. The van der Waals surface area contributed by atoms with Gasteiger partial charge in [0.25, 0.3) is 0 Å². The summed E-state index contributed by atoms with van der Waals surface area (Å²) in [6.07, 6.45) is 0.0102. The number of carbonyl (C=O) groups is 3. The van der Waals surface area contributed by atoms with E-state index in [4.69, 9.17) is 33.3 Å². The van der Waals surface area contributed by atoms with Gasteiger partial charge in [0.15, 0.2) is 5.11 Å². The van der Waals surface area contributed by atoms with Crippen LogP contribution in [0.3, 0.4) is 0 Å². The number of hydrogen-bond acceptors (Lipinski definition) is 5. The van der Waals surface area contributed by atoms with Gasteiger partial charge in [0.05, 0.1) is 0 Å². The maximum Gasteiger partial charge on any atom is 0.326 e. The van der Waals surface area contributed by atoms with Crippen molar-refractivity contribution in [3.63, 3.8) is 0 Å². The number of likely N-dealkylation sites (tertiary alicyclic amines) is 1. The number of hydrogen-bond donors (Lipinski definition) is 5. The molecular formula is C11H17N3O6S. The van der Waals surface area contributed by atoms with Crippen molar-refractivity contribution in [3.05, 3.63) is 0 Å². The van der Waals surface area contributed by atoms with Gasteiger partial charge in [-0.05, 0) is 18.6 Å². The summed E-state index contributed by atoms with van der Waals surface area (Å²) < 4.78 is 0. The Kier molecular flexibility index (Phi) is 5.44. The van der Waals surface area contributed by atoms with E-state index in [1.54, 1.807) is 0 Å². The summed E-state index contributed by atoms with van der Waals surface area (Å²) >= 11 is 5.03. The topological polar surface area (TPSA) is 153 Å². The lowest BCUT2D eigenvalue weighted by atomic mass is 9.98. The molecule has 21 heavy (non-hydrogen) atoms. The summed E-state index contributed by atoms with van der Waals surface area (Å²) in [5.74, 6) is -3.44. The average Bonchev–Trinajstić information content (AvgIpc) is 2.74. The standard InChI is InChI=1S/C11H17N3O6S/c12-11(9(19)20)4-6(8(17)18)14(5-11)10(21)13-3-1-2-7(15)16/h6H,1-5,12H2,(H,13,21)(H,15,16)(H,17,18)(H,19,20)/t6-,11-/m0/s1. The molecule has 2 atom stereocenters. The zero-order chi connectivity index (χ0) is 16.2. The summed E-state index contributed by atoms with van der Waals surface area (Å²) in [6.45, 7) is 0.0304. The molecule has 0 saturated carbocycles. The van der Waals surface area contributed by atoms with E-state index in [1.165, 1.54) is 4.90 Å². The molecule has 10 heteroatoms. The Morgan fingerprint density at radius 2 is 1.95 bits per heavy atom. The van der Waals surface area contributed by atoms with Crippen molar-refractivity contribution < 1.29 is 29.7 Å². The summed E-state index contributed by atoms with van der Waals surface area (Å²) in [4.78, 5) is 33.9. The maximum atomic E-state index is 11.2. The first kappa shape index (κ1) is 17.1. The third-order valence-electron chi connectivity index (χ3n) is 3.20. The summed E-state index contributed by atoms with van der Waals surface area (Å²) in [5, 5.41) is 29.5. The Bertz CT molecular complexity index is 471. The Labute approximate surface area is 125 Å². The van der Waals surface area contributed by atoms with E-state index in [0.717, 1.165) is 0 Å². The lowest BCUT2D eigenvalue weighted by Gasteiger charge is -2.25. The molecule has 118 valence electrons. The van der Waals surface area contributed by atoms with E-state index >= 15 is 0 Å². The third-order valence-corrected chi connectivity index (χ3v) is 3.58. The van der Waals surface area contributed by atoms with Gasteiger partial charge >= 0.3 is 17.9 Å². The number of aliphatic carboxylic acids is 3. The minimum Gasteiger partial charge on any atom is -0.481 e. The predicted molar refractivity (Wildman–Crippen MR) is 74.8 cm³/mol. The Morgan fingerprint density at radius 3 is 2.43 bits per heavy atom. The highest BCUT2D eigenvalue weighted by atomic mass is 32.1. The lowest BCUT2D eigenvalue weighted by molar-refractivity contribution is -0.143. The average molecular weight is 319 g/mol. The zero-order valence-corrected chi connectivity index (χ0v) is 11.9. The van der Waals surface area contributed by atoms with Crippen molar-refractivity contribution in [2.24, 2.45) is 5.73 Å². The molecule has 9 nitrogen and oxygen atoms in total. The molecule has 1 saturated heterocycles. The van der Waals surface area contributed by atoms with Crippen LogP contribution < -0.4 is 11.1 Å². The summed E-state index contributed by atoms with van der Waals surface area (Å²) in [7, 11) is 0. The zero-order valence-electron chi connectivity index (χ0n) is 11.1. The first-order chi connectivity index (χ1) is 9.67. The monoisotopic (exact) mass is 319 g/mol. The van der Waals surface area contributed by atoms with Crippen LogP contribution in [0.25, 0.3) is 0 Å². The summed E-state index contributed by atoms with van der Waals surface area (Å²) in [5.41, 5.74) is 4.01. The fourth-order valence-electron chi connectivity index (χ4n) is 2.06. The van der Waals surface area contributed by atoms with Gasteiger partial charge in [0.2, 0.25) is 0 Å². The van der Waals surface area contributed by atoms with Gasteiger partial charge in [0, 0.05) is 25.9 Å². The SMILES string of the molecule is N[C@@]1(C(=O)O)C[C@@H](C(=O)O)N(C(=S)NCCCC(=O)O)C1. The second kappa shape index (κ2) is 6.68. The van der Waals surface area contributed by atoms with Crippen molar-refractivity contribution >= 4 is 35.2 Å². The Morgan fingerprint density at radius 1 is 1.33 bits per heavy atom. The van der Waals surface area contributed by atoms with E-state index in [9.17, 15) is 14.4 Å². The van der Waals surface area contributed by atoms with Crippen molar-refractivity contribution in [3.8, 4) is 0 Å². The largest absolute Gasteiger partial charge is 0.481 e. The van der Waals surface area contributed by atoms with Crippen LogP contribution in [0.2, 0.25) is 0 Å². The lowest BCUT2D eigenvalue weighted by Crippen LogP contribution is -2.52. The Hall–Kier alpha value is -1.94. The quantitative estimate of drug-likeness (QED) is 0.294. The molecule has 0 unspecified atom stereocenters. The first-order valence-corrected chi connectivity index (χ1v) is 6.59. The second-order valence-electron chi connectivity index (χ2n) is 4.88. The highest BCUT2D eigenvalue weighted by Crippen LogP contribution is 2.26. The number of nitrogens with one attached hydrogen (secondary N) is 1. The van der Waals surface area contributed by atoms with Gasteiger partial charge in [-0.2, -0.15) is 0 Å². The molecule has 0 amide bonds. The van der Waals surface area contributed by atoms with Gasteiger partial charge in [-0.3, -0.25) is 9.59 Å². The molecule has 0 aromatic heterocycles. The molecule has 0 spiro atoms. The molecule has 0 aromatic rings. The molecule has 1 fully saturated rings. The minimum atomic E-state index is -1.67. The molecule has 1 rings (SSSR count). The number of rotatable bonds is 6. The van der Waals surface area contributed by atoms with Gasteiger partial charge < -0.3 is 31.3 Å². The number of nitrogens with zero attached hydrogens (tertiary/aromatic N) is 1. The molecule has 0 radical (unpaired) electrons. The molecule has 0 aliphatic carbocycles. The van der Waals surface area contributed by atoms with Gasteiger partial charge in [-0.25, -0.2) is 4.79 Å². The molecule has 6 N–H and O–H groups in total.